The van der Waals surface area contributed by atoms with E-state index in [0.29, 0.717) is 6.07 Å². The number of carbonyl (C=O) groups is 2. The van der Waals surface area contributed by atoms with E-state index in [2.05, 4.69) is 0 Å². The van der Waals surface area contributed by atoms with Gasteiger partial charge in [0.2, 0.25) is 10.0 Å². The highest BCUT2D eigenvalue weighted by atomic mass is 32.2. The van der Waals surface area contributed by atoms with Crippen molar-refractivity contribution in [1.82, 2.24) is 10.0 Å². The molecule has 0 radical (unpaired) electrons. The van der Waals surface area contributed by atoms with Crippen LogP contribution >= 0.6 is 0 Å². The Bertz CT molecular complexity index is 1180. The molecular weight excluding hydrogens is 470 g/mol. The molecule has 3 rings (SSSR count). The predicted molar refractivity (Wildman–Crippen MR) is 97.4 cm³/mol. The number of urea groups is 1. The lowest BCUT2D eigenvalue weighted by molar-refractivity contribution is -0.194. The van der Waals surface area contributed by atoms with Gasteiger partial charge in [-0.05, 0) is 42.5 Å². The molecule has 15 heteroatoms. The molecule has 0 unspecified atom stereocenters. The second kappa shape index (κ2) is 7.37. The largest absolute Gasteiger partial charge is 0.435 e. The first kappa shape index (κ1) is 23.3. The first-order valence-electron chi connectivity index (χ1n) is 8.39. The van der Waals surface area contributed by atoms with Crippen LogP contribution < -0.4 is 20.7 Å². The van der Waals surface area contributed by atoms with Crippen LogP contribution in [0, 0.1) is 0 Å². The number of nitrogens with two attached hydrogens (primary N) is 1. The number of anilines is 2. The van der Waals surface area contributed by atoms with Crippen molar-refractivity contribution in [1.29, 1.82) is 0 Å². The number of sulfonamides is 1. The zero-order chi connectivity index (χ0) is 24.1. The number of nitrogens with zero attached hydrogens (tertiary/aromatic N) is 1. The van der Waals surface area contributed by atoms with Gasteiger partial charge in [0.25, 0.3) is 11.6 Å². The smallest absolute Gasteiger partial charge is 0.399 e. The van der Waals surface area contributed by atoms with Gasteiger partial charge in [-0.1, -0.05) is 6.07 Å². The normalized spacial score (nSPS) is 19.9. The third-order valence-corrected chi connectivity index (χ3v) is 5.82. The summed E-state index contributed by atoms with van der Waals surface area (Å²) in [5.41, 5.74) is -0.866. The highest BCUT2D eigenvalue weighted by molar-refractivity contribution is 7.89. The molecule has 32 heavy (non-hydrogen) atoms. The lowest BCUT2D eigenvalue weighted by Crippen LogP contribution is -2.69. The van der Waals surface area contributed by atoms with Crippen molar-refractivity contribution in [3.05, 3.63) is 54.1 Å². The first-order valence-corrected chi connectivity index (χ1v) is 9.87. The zero-order valence-corrected chi connectivity index (χ0v) is 16.3. The number of alkyl halides is 6. The minimum atomic E-state index is -5.71. The van der Waals surface area contributed by atoms with Gasteiger partial charge >= 0.3 is 18.4 Å². The van der Waals surface area contributed by atoms with E-state index in [-0.39, 0.29) is 16.7 Å². The second-order valence-electron chi connectivity index (χ2n) is 6.54. The van der Waals surface area contributed by atoms with Gasteiger partial charge in [-0.3, -0.25) is 4.79 Å². The molecule has 8 nitrogen and oxygen atoms in total. The molecule has 0 aliphatic carbocycles. The van der Waals surface area contributed by atoms with Crippen molar-refractivity contribution in [3.8, 4) is 0 Å². The summed E-state index contributed by atoms with van der Waals surface area (Å²) in [6, 6.07) is 4.46. The molecule has 1 aliphatic rings. The van der Waals surface area contributed by atoms with Crippen LogP contribution in [0.5, 0.6) is 0 Å². The number of rotatable bonds is 4. The fourth-order valence-corrected chi connectivity index (χ4v) is 4.08. The maximum absolute atomic E-state index is 13.9. The molecule has 1 atom stereocenters. The molecule has 1 saturated heterocycles. The molecule has 3 amide bonds. The van der Waals surface area contributed by atoms with E-state index in [0.717, 1.165) is 41.1 Å². The first-order chi connectivity index (χ1) is 14.6. The van der Waals surface area contributed by atoms with E-state index in [1.54, 1.807) is 0 Å². The summed E-state index contributed by atoms with van der Waals surface area (Å²) in [4.78, 5) is 24.0. The average Bonchev–Trinajstić information content (AvgIpc) is 2.91. The van der Waals surface area contributed by atoms with Crippen molar-refractivity contribution in [2.75, 3.05) is 10.6 Å². The summed E-state index contributed by atoms with van der Waals surface area (Å²) in [6.07, 6.45) is -10.6. The summed E-state index contributed by atoms with van der Waals surface area (Å²) in [5.74, 6) is -2.19. The van der Waals surface area contributed by atoms with Crippen molar-refractivity contribution in [2.24, 2.45) is 0 Å². The molecule has 172 valence electrons. The predicted octanol–water partition coefficient (Wildman–Crippen LogP) is 2.58. The van der Waals surface area contributed by atoms with Crippen LogP contribution in [0.15, 0.2) is 53.4 Å². The van der Waals surface area contributed by atoms with E-state index >= 15 is 0 Å². The highest BCUT2D eigenvalue weighted by Crippen LogP contribution is 2.38. The Hall–Kier alpha value is -3.33. The van der Waals surface area contributed by atoms with Gasteiger partial charge in [0.15, 0.2) is 0 Å². The number of halogens is 6. The molecule has 0 saturated carbocycles. The number of hydrogen-bond acceptors (Lipinski definition) is 5. The molecule has 2 aromatic carbocycles. The van der Waals surface area contributed by atoms with Crippen LogP contribution in [-0.2, 0) is 21.0 Å². The number of nitrogens with one attached hydrogen (secondary N) is 2. The Balaban J connectivity index is 2.08. The summed E-state index contributed by atoms with van der Waals surface area (Å²) in [7, 11) is -5.06. The van der Waals surface area contributed by atoms with E-state index in [4.69, 9.17) is 5.73 Å². The zero-order valence-electron chi connectivity index (χ0n) is 15.5. The van der Waals surface area contributed by atoms with Crippen LogP contribution in [0.1, 0.15) is 5.56 Å². The Morgan fingerprint density at radius 1 is 0.969 bits per heavy atom. The number of hydrogen-bond donors (Lipinski definition) is 3. The Kier molecular flexibility index (Phi) is 5.38. The van der Waals surface area contributed by atoms with Crippen LogP contribution in [-0.4, -0.2) is 32.2 Å². The summed E-state index contributed by atoms with van der Waals surface area (Å²) >= 11 is 0. The topological polar surface area (TPSA) is 122 Å². The molecule has 2 aromatic rings. The Morgan fingerprint density at radius 2 is 1.56 bits per heavy atom. The van der Waals surface area contributed by atoms with Crippen LogP contribution in [0.4, 0.5) is 42.5 Å². The van der Waals surface area contributed by atoms with Crippen molar-refractivity contribution in [3.63, 3.8) is 0 Å². The van der Waals surface area contributed by atoms with Crippen molar-refractivity contribution in [2.45, 2.75) is 22.9 Å². The van der Waals surface area contributed by atoms with Gasteiger partial charge in [-0.15, -0.1) is 0 Å². The Labute approximate surface area is 176 Å². The third kappa shape index (κ3) is 3.95. The average molecular weight is 482 g/mol. The van der Waals surface area contributed by atoms with Gasteiger partial charge in [0, 0.05) is 5.69 Å². The number of nitrogen functional groups attached to an aromatic ring is 1. The molecule has 4 N–H and O–H groups in total. The summed E-state index contributed by atoms with van der Waals surface area (Å²) in [6.45, 7) is 0. The number of benzene rings is 2. The molecule has 1 heterocycles. The summed E-state index contributed by atoms with van der Waals surface area (Å²) in [5, 5.41) is 1.22. The minimum absolute atomic E-state index is 0.0930. The molecule has 1 fully saturated rings. The third-order valence-electron chi connectivity index (χ3n) is 4.36. The number of carbonyl (C=O) groups excluding carboxylic acids is 2. The van der Waals surface area contributed by atoms with Crippen LogP contribution in [0.25, 0.3) is 0 Å². The van der Waals surface area contributed by atoms with Gasteiger partial charge in [0.05, 0.1) is 16.1 Å². The summed E-state index contributed by atoms with van der Waals surface area (Å²) < 4.78 is 107. The lowest BCUT2D eigenvalue weighted by atomic mass is 10.1. The molecule has 1 aliphatic heterocycles. The maximum Gasteiger partial charge on any atom is 0.435 e. The standard InChI is InChI=1S/C17H12F6N4O4S/c18-16(19,20)9-2-1-3-11(8-9)27-13(28)15(17(21,22)23,25-14(27)29)26-32(30,31)12-6-4-10(24)5-7-12/h1-8,26H,24H2,(H,25,29)/t15-/m1/s1. The van der Waals surface area contributed by atoms with Crippen LogP contribution in [0.3, 0.4) is 0 Å². The lowest BCUT2D eigenvalue weighted by Gasteiger charge is -2.29. The molecule has 0 bridgehead atoms. The van der Waals surface area contributed by atoms with Crippen molar-refractivity contribution < 1.29 is 44.3 Å². The maximum atomic E-state index is 13.9. The number of imide groups is 1. The fourth-order valence-electron chi connectivity index (χ4n) is 2.81. The minimum Gasteiger partial charge on any atom is -0.399 e. The van der Waals surface area contributed by atoms with E-state index in [1.807, 2.05) is 0 Å². The van der Waals surface area contributed by atoms with Gasteiger partial charge in [-0.2, -0.15) is 31.1 Å². The second-order valence-corrected chi connectivity index (χ2v) is 8.22. The van der Waals surface area contributed by atoms with E-state index < -0.39 is 56.1 Å². The van der Waals surface area contributed by atoms with Crippen molar-refractivity contribution >= 4 is 33.3 Å². The van der Waals surface area contributed by atoms with E-state index in [9.17, 15) is 44.3 Å². The highest BCUT2D eigenvalue weighted by Gasteiger charge is 2.70. The molecular formula is C17H12F6N4O4S. The molecule has 0 aromatic heterocycles. The Morgan fingerprint density at radius 3 is 2.09 bits per heavy atom. The van der Waals surface area contributed by atoms with Gasteiger partial charge < -0.3 is 11.1 Å². The SMILES string of the molecule is Nc1ccc(S(=O)(=O)N[C@]2(C(F)(F)F)NC(=O)N(c3cccc(C(F)(F)F)c3)C2=O)cc1. The number of amides is 3. The molecule has 0 spiro atoms. The van der Waals surface area contributed by atoms with E-state index in [1.165, 1.54) is 5.32 Å². The van der Waals surface area contributed by atoms with Gasteiger partial charge in [0.1, 0.15) is 0 Å². The fraction of sp³-hybridized carbons (Fsp3) is 0.176. The van der Waals surface area contributed by atoms with Crippen LogP contribution in [0.2, 0.25) is 0 Å². The van der Waals surface area contributed by atoms with Gasteiger partial charge in [-0.25, -0.2) is 18.1 Å². The quantitative estimate of drug-likeness (QED) is 0.351. The monoisotopic (exact) mass is 482 g/mol.